The molecule has 180 valence electrons. The number of carboxylic acids is 1. The third-order valence-corrected chi connectivity index (χ3v) is 7.39. The normalized spacial score (nSPS) is 18.3. The van der Waals surface area contributed by atoms with E-state index in [9.17, 15) is 14.7 Å². The van der Waals surface area contributed by atoms with Crippen molar-refractivity contribution >= 4 is 33.6 Å². The van der Waals surface area contributed by atoms with Crippen molar-refractivity contribution in [3.8, 4) is 0 Å². The van der Waals surface area contributed by atoms with Crippen molar-refractivity contribution in [3.63, 3.8) is 0 Å². The maximum Gasteiger partial charge on any atom is 0.341 e. The fourth-order valence-electron chi connectivity index (χ4n) is 5.40. The number of nitrogens with zero attached hydrogens (tertiary/aromatic N) is 5. The molecule has 0 spiro atoms. The highest BCUT2D eigenvalue weighted by Crippen LogP contribution is 2.29. The number of halogens is 1. The number of aryl methyl sites for hydroxylation is 1. The molecule has 1 aliphatic carbocycles. The zero-order valence-corrected chi connectivity index (χ0v) is 19.6. The number of aromatic nitrogens is 2. The van der Waals surface area contributed by atoms with Crippen LogP contribution in [-0.2, 0) is 7.05 Å². The summed E-state index contributed by atoms with van der Waals surface area (Å²) < 4.78 is 16.7. The minimum Gasteiger partial charge on any atom is -0.477 e. The van der Waals surface area contributed by atoms with E-state index in [1.54, 1.807) is 13.1 Å². The molecule has 0 bridgehead atoms. The van der Waals surface area contributed by atoms with Crippen LogP contribution in [0.1, 0.15) is 42.5 Å². The Morgan fingerprint density at radius 2 is 1.82 bits per heavy atom. The second kappa shape index (κ2) is 8.96. The van der Waals surface area contributed by atoms with Gasteiger partial charge in [0.25, 0.3) is 0 Å². The Bertz CT molecular complexity index is 1310. The number of hydrogen-bond donors (Lipinski definition) is 1. The van der Waals surface area contributed by atoms with Gasteiger partial charge in [-0.3, -0.25) is 4.79 Å². The zero-order valence-electron chi connectivity index (χ0n) is 19.6. The Kier molecular flexibility index (Phi) is 5.99. The van der Waals surface area contributed by atoms with Crippen LogP contribution in [0, 0.1) is 5.82 Å². The van der Waals surface area contributed by atoms with Gasteiger partial charge in [-0.1, -0.05) is 19.3 Å². The number of benzene rings is 1. The molecule has 5 rings (SSSR count). The van der Waals surface area contributed by atoms with Crippen LogP contribution in [0.4, 0.5) is 10.1 Å². The molecule has 1 N–H and O–H groups in total. The predicted octanol–water partition coefficient (Wildman–Crippen LogP) is 3.23. The standard InChI is InChI=1S/C25H30FN5O3/c1-28-15-19(25(33)34)23(32)18-12-16-13-20(26)22(14-21(16)27-24(18)28)30-8-10-31(11-9-30)29(2)17-6-4-3-5-7-17/h12-15,17H,3-11H2,1-2H3,(H,33,34). The first-order chi connectivity index (χ1) is 16.3. The molecule has 0 unspecified atom stereocenters. The van der Waals surface area contributed by atoms with Gasteiger partial charge in [0.1, 0.15) is 17.0 Å². The molecule has 1 aromatic carbocycles. The molecule has 34 heavy (non-hydrogen) atoms. The Morgan fingerprint density at radius 3 is 2.50 bits per heavy atom. The van der Waals surface area contributed by atoms with Crippen LogP contribution in [0.5, 0.6) is 0 Å². The van der Waals surface area contributed by atoms with Crippen molar-refractivity contribution < 1.29 is 14.3 Å². The Labute approximate surface area is 197 Å². The zero-order chi connectivity index (χ0) is 24.0. The molecule has 2 aliphatic rings. The molecule has 2 aromatic heterocycles. The summed E-state index contributed by atoms with van der Waals surface area (Å²) >= 11 is 0. The molecular weight excluding hydrogens is 437 g/mol. The fourth-order valence-corrected chi connectivity index (χ4v) is 5.40. The van der Waals surface area contributed by atoms with Gasteiger partial charge in [-0.05, 0) is 31.0 Å². The van der Waals surface area contributed by atoms with E-state index in [0.29, 0.717) is 41.4 Å². The molecule has 2 fully saturated rings. The van der Waals surface area contributed by atoms with Crippen molar-refractivity contribution in [3.05, 3.63) is 46.0 Å². The first kappa shape index (κ1) is 22.7. The van der Waals surface area contributed by atoms with Crippen LogP contribution < -0.4 is 10.3 Å². The van der Waals surface area contributed by atoms with Crippen molar-refractivity contribution in [1.29, 1.82) is 0 Å². The van der Waals surface area contributed by atoms with Crippen LogP contribution in [0.15, 0.2) is 29.2 Å². The number of aromatic carboxylic acids is 1. The van der Waals surface area contributed by atoms with Crippen LogP contribution in [0.2, 0.25) is 0 Å². The topological polar surface area (TPSA) is 81.9 Å². The highest BCUT2D eigenvalue weighted by molar-refractivity contribution is 5.96. The summed E-state index contributed by atoms with van der Waals surface area (Å²) in [7, 11) is 3.83. The molecule has 0 radical (unpaired) electrons. The van der Waals surface area contributed by atoms with Gasteiger partial charge in [-0.2, -0.15) is 0 Å². The van der Waals surface area contributed by atoms with Gasteiger partial charge in [-0.15, -0.1) is 0 Å². The van der Waals surface area contributed by atoms with Crippen LogP contribution >= 0.6 is 0 Å². The number of hydrogen-bond acceptors (Lipinski definition) is 6. The second-order valence-electron chi connectivity index (χ2n) is 9.45. The number of carbonyl (C=O) groups is 1. The SMILES string of the molecule is CN(C1CCCCC1)N1CCN(c2cc3nc4c(cc3cc2F)c(=O)c(C(=O)O)cn4C)CC1. The van der Waals surface area contributed by atoms with E-state index < -0.39 is 11.4 Å². The lowest BCUT2D eigenvalue weighted by atomic mass is 9.95. The minimum atomic E-state index is -1.29. The molecule has 3 aromatic rings. The molecule has 1 saturated heterocycles. The molecule has 9 heteroatoms. The monoisotopic (exact) mass is 467 g/mol. The van der Waals surface area contributed by atoms with Gasteiger partial charge < -0.3 is 14.6 Å². The van der Waals surface area contributed by atoms with E-state index >= 15 is 4.39 Å². The first-order valence-electron chi connectivity index (χ1n) is 11.9. The van der Waals surface area contributed by atoms with E-state index in [0.717, 1.165) is 13.1 Å². The summed E-state index contributed by atoms with van der Waals surface area (Å²) in [6.45, 7) is 3.10. The summed E-state index contributed by atoms with van der Waals surface area (Å²) in [5.41, 5.74) is 0.510. The maximum absolute atomic E-state index is 15.2. The van der Waals surface area contributed by atoms with E-state index in [1.165, 1.54) is 55.0 Å². The van der Waals surface area contributed by atoms with Gasteiger partial charge in [-0.25, -0.2) is 24.2 Å². The summed E-state index contributed by atoms with van der Waals surface area (Å²) in [4.78, 5) is 30.7. The van der Waals surface area contributed by atoms with E-state index in [-0.39, 0.29) is 16.8 Å². The summed E-state index contributed by atoms with van der Waals surface area (Å²) in [6.07, 6.45) is 7.68. The van der Waals surface area contributed by atoms with Gasteiger partial charge >= 0.3 is 5.97 Å². The molecule has 1 aliphatic heterocycles. The lowest BCUT2D eigenvalue weighted by molar-refractivity contribution is -0.0515. The second-order valence-corrected chi connectivity index (χ2v) is 9.45. The third-order valence-electron chi connectivity index (χ3n) is 7.39. The van der Waals surface area contributed by atoms with E-state index in [2.05, 4.69) is 26.9 Å². The number of fused-ring (bicyclic) bond motifs is 2. The van der Waals surface area contributed by atoms with E-state index in [4.69, 9.17) is 0 Å². The molecule has 3 heterocycles. The summed E-state index contributed by atoms with van der Waals surface area (Å²) in [6, 6.07) is 5.27. The van der Waals surface area contributed by atoms with E-state index in [1.807, 2.05) is 0 Å². The van der Waals surface area contributed by atoms with Crippen molar-refractivity contribution in [2.45, 2.75) is 38.1 Å². The number of piperazine rings is 1. The van der Waals surface area contributed by atoms with Crippen molar-refractivity contribution in [1.82, 2.24) is 19.6 Å². The van der Waals surface area contributed by atoms with Crippen molar-refractivity contribution in [2.24, 2.45) is 7.05 Å². The highest BCUT2D eigenvalue weighted by atomic mass is 19.1. The third kappa shape index (κ3) is 4.03. The largest absolute Gasteiger partial charge is 0.477 e. The number of carboxylic acid groups (broad SMARTS) is 1. The highest BCUT2D eigenvalue weighted by Gasteiger charge is 2.27. The lowest BCUT2D eigenvalue weighted by Crippen LogP contribution is -2.55. The predicted molar refractivity (Wildman–Crippen MR) is 130 cm³/mol. The summed E-state index contributed by atoms with van der Waals surface area (Å²) in [5, 5.41) is 14.7. The molecule has 0 amide bonds. The number of hydrazine groups is 1. The van der Waals surface area contributed by atoms with Gasteiger partial charge in [0.2, 0.25) is 5.43 Å². The molecule has 0 atom stereocenters. The Balaban J connectivity index is 1.42. The Hall–Kier alpha value is -3.04. The first-order valence-corrected chi connectivity index (χ1v) is 11.9. The maximum atomic E-state index is 15.2. The average Bonchev–Trinajstić information content (AvgIpc) is 2.85. The number of rotatable bonds is 4. The van der Waals surface area contributed by atoms with Gasteiger partial charge in [0.05, 0.1) is 16.6 Å². The molecular formula is C25H30FN5O3. The Morgan fingerprint density at radius 1 is 1.12 bits per heavy atom. The quantitative estimate of drug-likeness (QED) is 0.590. The number of anilines is 1. The number of pyridine rings is 2. The van der Waals surface area contributed by atoms with Crippen LogP contribution in [0.3, 0.4) is 0 Å². The van der Waals surface area contributed by atoms with Gasteiger partial charge in [0.15, 0.2) is 0 Å². The molecule has 1 saturated carbocycles. The minimum absolute atomic E-state index is 0.168. The summed E-state index contributed by atoms with van der Waals surface area (Å²) in [5.74, 6) is -1.66. The van der Waals surface area contributed by atoms with Crippen LogP contribution in [-0.4, -0.2) is 69.9 Å². The smallest absolute Gasteiger partial charge is 0.341 e. The molecule has 8 nitrogen and oxygen atoms in total. The van der Waals surface area contributed by atoms with Crippen LogP contribution in [0.25, 0.3) is 21.9 Å². The fraction of sp³-hybridized carbons (Fsp3) is 0.480. The van der Waals surface area contributed by atoms with Gasteiger partial charge in [0, 0.05) is 57.9 Å². The average molecular weight is 468 g/mol. The van der Waals surface area contributed by atoms with Crippen molar-refractivity contribution in [2.75, 3.05) is 38.1 Å². The lowest BCUT2D eigenvalue weighted by Gasteiger charge is -2.44.